The lowest BCUT2D eigenvalue weighted by molar-refractivity contribution is 0.425. The van der Waals surface area contributed by atoms with Crippen LogP contribution in [0.5, 0.6) is 0 Å². The van der Waals surface area contributed by atoms with Crippen molar-refractivity contribution >= 4 is 21.4 Å². The number of aryl methyl sites for hydroxylation is 1. The average molecular weight is 431 g/mol. The Labute approximate surface area is 184 Å². The molecule has 0 spiro atoms. The van der Waals surface area contributed by atoms with E-state index in [2.05, 4.69) is 46.5 Å². The molecule has 0 bridgehead atoms. The van der Waals surface area contributed by atoms with Gasteiger partial charge in [-0.05, 0) is 59.7 Å². The number of hydrogen-bond acceptors (Lipinski definition) is 3. The Kier molecular flexibility index (Phi) is 5.06. The van der Waals surface area contributed by atoms with Crippen LogP contribution in [0, 0.1) is 5.92 Å². The molecule has 3 aromatic rings. The van der Waals surface area contributed by atoms with Crippen molar-refractivity contribution in [3.63, 3.8) is 0 Å². The van der Waals surface area contributed by atoms with Crippen molar-refractivity contribution in [2.45, 2.75) is 36.6 Å². The van der Waals surface area contributed by atoms with Gasteiger partial charge in [0.15, 0.2) is 0 Å². The SMILES string of the molecule is CCc1ccccc1NS(=O)(=O)c1ccc2c(c1)[C@H]1C=CC[C@H]1[C@@H](c1ccccc1)N2. The predicted octanol–water partition coefficient (Wildman–Crippen LogP) is 5.88. The maximum absolute atomic E-state index is 13.2. The number of anilines is 2. The van der Waals surface area contributed by atoms with Crippen LogP contribution >= 0.6 is 0 Å². The smallest absolute Gasteiger partial charge is 0.261 e. The molecular formula is C26H26N2O2S. The molecule has 1 aliphatic carbocycles. The van der Waals surface area contributed by atoms with Gasteiger partial charge in [0, 0.05) is 11.6 Å². The van der Waals surface area contributed by atoms with Crippen molar-refractivity contribution in [1.29, 1.82) is 0 Å². The van der Waals surface area contributed by atoms with Crippen LogP contribution in [-0.4, -0.2) is 8.42 Å². The van der Waals surface area contributed by atoms with Gasteiger partial charge in [-0.1, -0.05) is 67.6 Å². The molecule has 0 unspecified atom stereocenters. The molecule has 4 nitrogen and oxygen atoms in total. The van der Waals surface area contributed by atoms with E-state index in [1.54, 1.807) is 6.07 Å². The number of allylic oxidation sites excluding steroid dienone is 2. The first-order valence-corrected chi connectivity index (χ1v) is 12.3. The quantitative estimate of drug-likeness (QED) is 0.497. The molecule has 2 N–H and O–H groups in total. The van der Waals surface area contributed by atoms with E-state index in [1.165, 1.54) is 5.56 Å². The maximum atomic E-state index is 13.2. The summed E-state index contributed by atoms with van der Waals surface area (Å²) in [6.45, 7) is 2.02. The number of benzene rings is 3. The molecule has 1 aliphatic heterocycles. The zero-order chi connectivity index (χ0) is 21.4. The molecule has 5 heteroatoms. The summed E-state index contributed by atoms with van der Waals surface area (Å²) in [4.78, 5) is 0.302. The summed E-state index contributed by atoms with van der Waals surface area (Å²) in [6.07, 6.45) is 6.20. The number of para-hydroxylation sites is 1. The molecular weight excluding hydrogens is 404 g/mol. The van der Waals surface area contributed by atoms with E-state index in [1.807, 2.05) is 49.4 Å². The first-order chi connectivity index (χ1) is 15.1. The molecule has 0 saturated heterocycles. The van der Waals surface area contributed by atoms with E-state index in [0.29, 0.717) is 16.5 Å². The molecule has 0 amide bonds. The van der Waals surface area contributed by atoms with Gasteiger partial charge in [-0.15, -0.1) is 0 Å². The summed E-state index contributed by atoms with van der Waals surface area (Å²) in [7, 11) is -3.68. The molecule has 3 atom stereocenters. The fourth-order valence-electron chi connectivity index (χ4n) is 4.86. The molecule has 5 rings (SSSR count). The number of fused-ring (bicyclic) bond motifs is 3. The Morgan fingerprint density at radius 1 is 1.00 bits per heavy atom. The second-order valence-corrected chi connectivity index (χ2v) is 9.93. The van der Waals surface area contributed by atoms with Gasteiger partial charge in [0.05, 0.1) is 16.6 Å². The van der Waals surface area contributed by atoms with E-state index in [9.17, 15) is 8.42 Å². The fraction of sp³-hybridized carbons (Fsp3) is 0.231. The van der Waals surface area contributed by atoms with Crippen LogP contribution in [0.3, 0.4) is 0 Å². The molecule has 0 saturated carbocycles. The van der Waals surface area contributed by atoms with Gasteiger partial charge in [0.2, 0.25) is 0 Å². The van der Waals surface area contributed by atoms with Gasteiger partial charge in [-0.2, -0.15) is 0 Å². The molecule has 3 aromatic carbocycles. The van der Waals surface area contributed by atoms with E-state index in [4.69, 9.17) is 0 Å². The Balaban J connectivity index is 1.50. The third kappa shape index (κ3) is 3.63. The Morgan fingerprint density at radius 3 is 2.58 bits per heavy atom. The van der Waals surface area contributed by atoms with Gasteiger partial charge in [0.1, 0.15) is 0 Å². The number of hydrogen-bond donors (Lipinski definition) is 2. The van der Waals surface area contributed by atoms with Crippen molar-refractivity contribution in [2.75, 3.05) is 10.0 Å². The predicted molar refractivity (Wildman–Crippen MR) is 126 cm³/mol. The van der Waals surface area contributed by atoms with Gasteiger partial charge in [0.25, 0.3) is 10.0 Å². The van der Waals surface area contributed by atoms with Crippen LogP contribution in [0.4, 0.5) is 11.4 Å². The van der Waals surface area contributed by atoms with E-state index < -0.39 is 10.0 Å². The van der Waals surface area contributed by atoms with Gasteiger partial charge in [-0.25, -0.2) is 8.42 Å². The highest BCUT2D eigenvalue weighted by Crippen LogP contribution is 2.50. The number of nitrogens with one attached hydrogen (secondary N) is 2. The van der Waals surface area contributed by atoms with Crippen LogP contribution in [-0.2, 0) is 16.4 Å². The largest absolute Gasteiger partial charge is 0.378 e. The standard InChI is InChI=1S/C26H26N2O2S/c1-2-18-9-6-7-14-24(18)28-31(29,30)20-15-16-25-23(17-20)21-12-8-13-22(21)26(27-25)19-10-4-3-5-11-19/h3-12,14-17,21-22,26-28H,2,13H2,1H3/t21-,22+,26+/m0/s1. The molecule has 0 radical (unpaired) electrons. The van der Waals surface area contributed by atoms with Crippen molar-refractivity contribution in [2.24, 2.45) is 5.92 Å². The normalized spacial score (nSPS) is 21.8. The van der Waals surface area contributed by atoms with Crippen LogP contribution in [0.15, 0.2) is 89.8 Å². The Morgan fingerprint density at radius 2 is 1.77 bits per heavy atom. The van der Waals surface area contributed by atoms with Crippen molar-refractivity contribution in [3.8, 4) is 0 Å². The Hall–Kier alpha value is -3.05. The molecule has 2 aliphatic rings. The second-order valence-electron chi connectivity index (χ2n) is 8.25. The van der Waals surface area contributed by atoms with Crippen molar-refractivity contribution < 1.29 is 8.42 Å². The average Bonchev–Trinajstić information content (AvgIpc) is 3.29. The molecule has 1 heterocycles. The summed E-state index contributed by atoms with van der Waals surface area (Å²) in [5.74, 6) is 0.584. The minimum atomic E-state index is -3.68. The number of sulfonamides is 1. The summed E-state index contributed by atoms with van der Waals surface area (Å²) >= 11 is 0. The van der Waals surface area contributed by atoms with Gasteiger partial charge >= 0.3 is 0 Å². The summed E-state index contributed by atoms with van der Waals surface area (Å²) in [5, 5.41) is 3.68. The zero-order valence-corrected chi connectivity index (χ0v) is 18.3. The lowest BCUT2D eigenvalue weighted by Crippen LogP contribution is -2.29. The minimum absolute atomic E-state index is 0.208. The molecule has 0 aromatic heterocycles. The summed E-state index contributed by atoms with van der Waals surface area (Å²) in [5.41, 5.74) is 4.95. The zero-order valence-electron chi connectivity index (χ0n) is 17.5. The van der Waals surface area contributed by atoms with Gasteiger partial charge in [-0.3, -0.25) is 4.72 Å². The van der Waals surface area contributed by atoms with Crippen LogP contribution in [0.1, 0.15) is 42.0 Å². The van der Waals surface area contributed by atoms with E-state index in [-0.39, 0.29) is 12.0 Å². The third-order valence-electron chi connectivity index (χ3n) is 6.45. The molecule has 0 fully saturated rings. The highest BCUT2D eigenvalue weighted by Gasteiger charge is 2.38. The van der Waals surface area contributed by atoms with Crippen LogP contribution < -0.4 is 10.0 Å². The first kappa shape index (κ1) is 19.9. The lowest BCUT2D eigenvalue weighted by Gasteiger charge is -2.37. The van der Waals surface area contributed by atoms with Crippen molar-refractivity contribution in [3.05, 3.63) is 102 Å². The molecule has 31 heavy (non-hydrogen) atoms. The monoisotopic (exact) mass is 430 g/mol. The highest BCUT2D eigenvalue weighted by molar-refractivity contribution is 7.92. The number of rotatable bonds is 5. The van der Waals surface area contributed by atoms with Crippen LogP contribution in [0.25, 0.3) is 0 Å². The second kappa shape index (κ2) is 7.89. The lowest BCUT2D eigenvalue weighted by atomic mass is 9.77. The van der Waals surface area contributed by atoms with Crippen molar-refractivity contribution in [1.82, 2.24) is 0 Å². The first-order valence-electron chi connectivity index (χ1n) is 10.8. The maximum Gasteiger partial charge on any atom is 0.261 e. The highest BCUT2D eigenvalue weighted by atomic mass is 32.2. The summed E-state index contributed by atoms with van der Waals surface area (Å²) < 4.78 is 29.2. The van der Waals surface area contributed by atoms with Gasteiger partial charge < -0.3 is 5.32 Å². The molecule has 158 valence electrons. The van der Waals surface area contributed by atoms with E-state index in [0.717, 1.165) is 29.7 Å². The topological polar surface area (TPSA) is 58.2 Å². The third-order valence-corrected chi connectivity index (χ3v) is 7.81. The minimum Gasteiger partial charge on any atom is -0.378 e. The van der Waals surface area contributed by atoms with E-state index >= 15 is 0 Å². The summed E-state index contributed by atoms with van der Waals surface area (Å²) in [6, 6.07) is 23.7. The fourth-order valence-corrected chi connectivity index (χ4v) is 6.00. The Bertz CT molecular complexity index is 1240. The van der Waals surface area contributed by atoms with Crippen LogP contribution in [0.2, 0.25) is 0 Å².